The van der Waals surface area contributed by atoms with Crippen LogP contribution in [-0.4, -0.2) is 17.3 Å². The van der Waals surface area contributed by atoms with Crippen LogP contribution in [0.5, 0.6) is 0 Å². The fraction of sp³-hybridized carbons (Fsp3) is 0.600. The molecule has 18 heavy (non-hydrogen) atoms. The molecule has 3 atom stereocenters. The molecule has 1 aliphatic carbocycles. The van der Waals surface area contributed by atoms with E-state index in [2.05, 4.69) is 17.4 Å². The Hall–Kier alpha value is -0.570. The number of aliphatic hydroxyl groups is 1. The zero-order valence-electron chi connectivity index (χ0n) is 10.5. The average Bonchev–Trinajstić information content (AvgIpc) is 2.38. The second kappa shape index (κ2) is 4.84. The van der Waals surface area contributed by atoms with E-state index >= 15 is 0 Å². The summed E-state index contributed by atoms with van der Waals surface area (Å²) >= 11 is 5.95. The van der Waals surface area contributed by atoms with Gasteiger partial charge in [-0.05, 0) is 43.5 Å². The Bertz CT molecular complexity index is 415. The Balaban J connectivity index is 1.88. The third-order valence-electron chi connectivity index (χ3n) is 4.62. The zero-order chi connectivity index (χ0) is 12.6. The van der Waals surface area contributed by atoms with E-state index in [1.165, 1.54) is 18.4 Å². The van der Waals surface area contributed by atoms with Crippen molar-refractivity contribution in [3.8, 4) is 0 Å². The molecule has 0 aromatic heterocycles. The van der Waals surface area contributed by atoms with Gasteiger partial charge in [0, 0.05) is 17.0 Å². The zero-order valence-corrected chi connectivity index (χ0v) is 11.3. The van der Waals surface area contributed by atoms with Gasteiger partial charge in [-0.2, -0.15) is 0 Å². The lowest BCUT2D eigenvalue weighted by Gasteiger charge is -2.48. The molecule has 2 aliphatic rings. The largest absolute Gasteiger partial charge is 0.389 e. The minimum absolute atomic E-state index is 0.279. The lowest BCUT2D eigenvalue weighted by molar-refractivity contribution is -0.0861. The molecule has 0 spiro atoms. The topological polar surface area (TPSA) is 32.3 Å². The summed E-state index contributed by atoms with van der Waals surface area (Å²) in [5.74, 6) is 0.348. The Labute approximate surface area is 113 Å². The Morgan fingerprint density at radius 3 is 2.72 bits per heavy atom. The van der Waals surface area contributed by atoms with E-state index in [9.17, 15) is 5.11 Å². The van der Waals surface area contributed by atoms with Crippen LogP contribution in [0.1, 0.15) is 43.7 Å². The fourth-order valence-electron chi connectivity index (χ4n) is 3.64. The van der Waals surface area contributed by atoms with Gasteiger partial charge < -0.3 is 10.4 Å². The summed E-state index contributed by atoms with van der Waals surface area (Å²) in [6.07, 6.45) is 5.38. The van der Waals surface area contributed by atoms with Crippen LogP contribution in [0, 0.1) is 5.92 Å². The lowest BCUT2D eigenvalue weighted by Crippen LogP contribution is -2.53. The van der Waals surface area contributed by atoms with Crippen molar-refractivity contribution in [3.05, 3.63) is 34.9 Å². The molecular weight excluding hydrogens is 246 g/mol. The molecule has 1 saturated carbocycles. The van der Waals surface area contributed by atoms with Gasteiger partial charge >= 0.3 is 0 Å². The minimum Gasteiger partial charge on any atom is -0.389 e. The average molecular weight is 266 g/mol. The van der Waals surface area contributed by atoms with Crippen molar-refractivity contribution in [1.29, 1.82) is 0 Å². The molecule has 1 aromatic rings. The Morgan fingerprint density at radius 2 is 1.94 bits per heavy atom. The van der Waals surface area contributed by atoms with E-state index in [1.54, 1.807) is 0 Å². The number of hydrogen-bond acceptors (Lipinski definition) is 2. The van der Waals surface area contributed by atoms with Crippen LogP contribution >= 0.6 is 11.6 Å². The number of hydrogen-bond donors (Lipinski definition) is 2. The number of piperidine rings is 1. The molecule has 1 saturated heterocycles. The maximum absolute atomic E-state index is 10.8. The van der Waals surface area contributed by atoms with Gasteiger partial charge in [0.1, 0.15) is 0 Å². The standard InChI is InChI=1S/C15H20ClNO/c16-12-6-4-11(5-7-12)14-13-3-1-2-8-15(13,18)9-10-17-14/h4-7,13-14,17-18H,1-3,8-10H2/t13-,14-,15+/m0/s1. The molecule has 3 heteroatoms. The molecule has 0 amide bonds. The van der Waals surface area contributed by atoms with Crippen LogP contribution < -0.4 is 5.32 Å². The van der Waals surface area contributed by atoms with E-state index in [4.69, 9.17) is 11.6 Å². The van der Waals surface area contributed by atoms with Gasteiger partial charge in [-0.3, -0.25) is 0 Å². The SMILES string of the molecule is O[C@@]12CCCC[C@H]1[C@H](c1ccc(Cl)cc1)NCC2. The van der Waals surface area contributed by atoms with Gasteiger partial charge in [-0.25, -0.2) is 0 Å². The van der Waals surface area contributed by atoms with E-state index in [-0.39, 0.29) is 6.04 Å². The monoisotopic (exact) mass is 265 g/mol. The van der Waals surface area contributed by atoms with Crippen LogP contribution in [0.25, 0.3) is 0 Å². The lowest BCUT2D eigenvalue weighted by atomic mass is 9.67. The van der Waals surface area contributed by atoms with Crippen molar-refractivity contribution < 1.29 is 5.11 Å². The highest BCUT2D eigenvalue weighted by Crippen LogP contribution is 2.45. The van der Waals surface area contributed by atoms with Gasteiger partial charge in [-0.1, -0.05) is 36.6 Å². The van der Waals surface area contributed by atoms with Gasteiger partial charge in [0.2, 0.25) is 0 Å². The summed E-state index contributed by atoms with van der Waals surface area (Å²) in [6.45, 7) is 0.903. The van der Waals surface area contributed by atoms with Gasteiger partial charge in [-0.15, -0.1) is 0 Å². The second-order valence-electron chi connectivity index (χ2n) is 5.69. The van der Waals surface area contributed by atoms with Crippen molar-refractivity contribution in [2.75, 3.05) is 6.54 Å². The predicted molar refractivity (Wildman–Crippen MR) is 73.7 cm³/mol. The molecule has 3 rings (SSSR count). The fourth-order valence-corrected chi connectivity index (χ4v) is 3.77. The molecule has 1 heterocycles. The highest BCUT2D eigenvalue weighted by molar-refractivity contribution is 6.30. The van der Waals surface area contributed by atoms with E-state index in [0.717, 1.165) is 30.8 Å². The van der Waals surface area contributed by atoms with E-state index in [1.807, 2.05) is 12.1 Å². The third kappa shape index (κ3) is 2.18. The molecule has 0 bridgehead atoms. The molecular formula is C15H20ClNO. The molecule has 2 fully saturated rings. The Kier molecular flexibility index (Phi) is 3.35. The molecule has 2 nitrogen and oxygen atoms in total. The van der Waals surface area contributed by atoms with Crippen LogP contribution in [-0.2, 0) is 0 Å². The van der Waals surface area contributed by atoms with Crippen molar-refractivity contribution in [3.63, 3.8) is 0 Å². The first kappa shape index (κ1) is 12.5. The molecule has 98 valence electrons. The first-order chi connectivity index (χ1) is 8.69. The van der Waals surface area contributed by atoms with Crippen LogP contribution in [0.4, 0.5) is 0 Å². The van der Waals surface area contributed by atoms with Crippen molar-refractivity contribution >= 4 is 11.6 Å². The summed E-state index contributed by atoms with van der Waals surface area (Å²) in [5, 5.41) is 15.2. The van der Waals surface area contributed by atoms with Crippen LogP contribution in [0.15, 0.2) is 24.3 Å². The number of rotatable bonds is 1. The number of benzene rings is 1. The van der Waals surface area contributed by atoms with E-state index in [0.29, 0.717) is 5.92 Å². The highest BCUT2D eigenvalue weighted by atomic mass is 35.5. The number of fused-ring (bicyclic) bond motifs is 1. The highest BCUT2D eigenvalue weighted by Gasteiger charge is 2.45. The van der Waals surface area contributed by atoms with Gasteiger partial charge in [0.25, 0.3) is 0 Å². The second-order valence-corrected chi connectivity index (χ2v) is 6.13. The molecule has 2 N–H and O–H groups in total. The number of nitrogens with one attached hydrogen (secondary N) is 1. The smallest absolute Gasteiger partial charge is 0.0706 e. The normalized spacial score (nSPS) is 36.1. The third-order valence-corrected chi connectivity index (χ3v) is 4.87. The van der Waals surface area contributed by atoms with E-state index < -0.39 is 5.60 Å². The molecule has 0 radical (unpaired) electrons. The molecule has 1 aliphatic heterocycles. The van der Waals surface area contributed by atoms with Crippen molar-refractivity contribution in [2.45, 2.75) is 43.7 Å². The maximum Gasteiger partial charge on any atom is 0.0706 e. The summed E-state index contributed by atoms with van der Waals surface area (Å²) in [4.78, 5) is 0. The van der Waals surface area contributed by atoms with Crippen molar-refractivity contribution in [1.82, 2.24) is 5.32 Å². The first-order valence-electron chi connectivity index (χ1n) is 6.90. The first-order valence-corrected chi connectivity index (χ1v) is 7.28. The summed E-state index contributed by atoms with van der Waals surface area (Å²) in [5.41, 5.74) is 0.804. The summed E-state index contributed by atoms with van der Waals surface area (Å²) in [6, 6.07) is 8.33. The van der Waals surface area contributed by atoms with Gasteiger partial charge in [0.05, 0.1) is 5.60 Å². The summed E-state index contributed by atoms with van der Waals surface area (Å²) < 4.78 is 0. The molecule has 0 unspecified atom stereocenters. The Morgan fingerprint density at radius 1 is 1.17 bits per heavy atom. The maximum atomic E-state index is 10.8. The number of halogens is 1. The summed E-state index contributed by atoms with van der Waals surface area (Å²) in [7, 11) is 0. The quantitative estimate of drug-likeness (QED) is 0.817. The predicted octanol–water partition coefficient (Wildman–Crippen LogP) is 3.30. The van der Waals surface area contributed by atoms with Crippen molar-refractivity contribution in [2.24, 2.45) is 5.92 Å². The molecule has 1 aromatic carbocycles. The minimum atomic E-state index is -0.451. The van der Waals surface area contributed by atoms with Crippen LogP contribution in [0.2, 0.25) is 5.02 Å². The van der Waals surface area contributed by atoms with Crippen LogP contribution in [0.3, 0.4) is 0 Å². The van der Waals surface area contributed by atoms with Gasteiger partial charge in [0.15, 0.2) is 0 Å².